The van der Waals surface area contributed by atoms with E-state index in [1.54, 1.807) is 6.07 Å². The Balaban J connectivity index is 1.86. The molecule has 2 amide bonds. The molecule has 5 rings (SSSR count). The van der Waals surface area contributed by atoms with Gasteiger partial charge in [-0.2, -0.15) is 8.42 Å². The maximum Gasteiger partial charge on any atom is 0.264 e. The molecule has 2 heterocycles. The van der Waals surface area contributed by atoms with E-state index in [4.69, 9.17) is 4.18 Å². The van der Waals surface area contributed by atoms with Gasteiger partial charge < -0.3 is 9.67 Å². The van der Waals surface area contributed by atoms with Crippen LogP contribution in [0.1, 0.15) is 20.7 Å². The average Bonchev–Trinajstić information content (AvgIpc) is 3.21. The lowest BCUT2D eigenvalue weighted by Gasteiger charge is -2.11. The normalized spacial score (nSPS) is 13.7. The average molecular weight is 450 g/mol. The summed E-state index contributed by atoms with van der Waals surface area (Å²) in [5, 5.41) is 13.6. The lowest BCUT2D eigenvalue weighted by atomic mass is 9.93. The van der Waals surface area contributed by atoms with Crippen LogP contribution in [0.4, 0.5) is 0 Å². The molecule has 0 spiro atoms. The molecule has 9 heteroatoms. The summed E-state index contributed by atoms with van der Waals surface area (Å²) >= 11 is 0. The number of benzene rings is 3. The van der Waals surface area contributed by atoms with Crippen molar-refractivity contribution in [2.45, 2.75) is 6.54 Å². The number of aromatic hydroxyl groups is 1. The highest BCUT2D eigenvalue weighted by Gasteiger charge is 2.34. The molecular formula is C23H18N2O6S. The number of hydrogen-bond acceptors (Lipinski definition) is 6. The third kappa shape index (κ3) is 3.22. The van der Waals surface area contributed by atoms with E-state index in [9.17, 15) is 23.1 Å². The van der Waals surface area contributed by atoms with E-state index in [0.717, 1.165) is 11.8 Å². The number of imide groups is 1. The summed E-state index contributed by atoms with van der Waals surface area (Å²) in [7, 11) is -3.63. The first-order valence-electron chi connectivity index (χ1n) is 9.82. The topological polar surface area (TPSA) is 115 Å². The van der Waals surface area contributed by atoms with Gasteiger partial charge >= 0.3 is 0 Å². The Labute approximate surface area is 183 Å². The van der Waals surface area contributed by atoms with Gasteiger partial charge in [0.1, 0.15) is 5.75 Å². The van der Waals surface area contributed by atoms with Gasteiger partial charge in [0.2, 0.25) is 0 Å². The summed E-state index contributed by atoms with van der Waals surface area (Å²) in [6, 6.07) is 15.8. The summed E-state index contributed by atoms with van der Waals surface area (Å²) in [6.45, 7) is 0.0713. The lowest BCUT2D eigenvalue weighted by molar-refractivity contribution is 0.0880. The molecule has 4 aromatic rings. The molecule has 32 heavy (non-hydrogen) atoms. The largest absolute Gasteiger partial charge is 0.508 e. The highest BCUT2D eigenvalue weighted by Crippen LogP contribution is 2.41. The van der Waals surface area contributed by atoms with E-state index in [-0.39, 0.29) is 30.0 Å². The molecule has 0 unspecified atom stereocenters. The molecule has 0 radical (unpaired) electrons. The lowest BCUT2D eigenvalue weighted by Crippen LogP contribution is -2.20. The molecule has 8 nitrogen and oxygen atoms in total. The Morgan fingerprint density at radius 3 is 2.41 bits per heavy atom. The molecule has 0 saturated carbocycles. The molecule has 1 aromatic heterocycles. The van der Waals surface area contributed by atoms with Crippen LogP contribution in [0.3, 0.4) is 0 Å². The molecule has 1 aliphatic rings. The van der Waals surface area contributed by atoms with Gasteiger partial charge in [0.25, 0.3) is 21.9 Å². The van der Waals surface area contributed by atoms with Gasteiger partial charge in [0.15, 0.2) is 0 Å². The van der Waals surface area contributed by atoms with E-state index < -0.39 is 21.9 Å². The Hall–Kier alpha value is -3.69. The van der Waals surface area contributed by atoms with Gasteiger partial charge in [-0.25, -0.2) is 0 Å². The fourth-order valence-electron chi connectivity index (χ4n) is 4.30. The first-order valence-corrected chi connectivity index (χ1v) is 11.6. The second kappa shape index (κ2) is 7.18. The Kier molecular flexibility index (Phi) is 4.54. The second-order valence-corrected chi connectivity index (χ2v) is 9.24. The van der Waals surface area contributed by atoms with Crippen LogP contribution < -0.4 is 5.32 Å². The monoisotopic (exact) mass is 450 g/mol. The minimum absolute atomic E-state index is 0.00885. The van der Waals surface area contributed by atoms with Gasteiger partial charge in [-0.05, 0) is 35.4 Å². The standard InChI is InChI=1S/C23H18N2O6S/c1-32(29,30)31-10-9-25-17-8-7-14(26)11-16(17)19-18(25)12-15(13-5-3-2-4-6-13)20-21(19)23(28)24-22(20)27/h2-8,11-12,26H,9-10H2,1H3,(H,24,27,28). The molecule has 0 aliphatic carbocycles. The smallest absolute Gasteiger partial charge is 0.264 e. The number of aromatic nitrogens is 1. The van der Waals surface area contributed by atoms with Crippen molar-refractivity contribution < 1.29 is 27.3 Å². The summed E-state index contributed by atoms with van der Waals surface area (Å²) < 4.78 is 29.7. The molecular weight excluding hydrogens is 432 g/mol. The quantitative estimate of drug-likeness (QED) is 0.357. The van der Waals surface area contributed by atoms with Crippen LogP contribution in [0.15, 0.2) is 54.6 Å². The minimum atomic E-state index is -3.63. The van der Waals surface area contributed by atoms with Crippen LogP contribution in [0, 0.1) is 0 Å². The van der Waals surface area contributed by atoms with E-state index in [2.05, 4.69) is 5.32 Å². The predicted molar refractivity (Wildman–Crippen MR) is 119 cm³/mol. The fraction of sp³-hybridized carbons (Fsp3) is 0.130. The first-order chi connectivity index (χ1) is 15.2. The highest BCUT2D eigenvalue weighted by atomic mass is 32.2. The summed E-state index contributed by atoms with van der Waals surface area (Å²) in [6.07, 6.45) is 0.979. The van der Waals surface area contributed by atoms with Gasteiger partial charge in [-0.15, -0.1) is 0 Å². The molecule has 0 atom stereocenters. The van der Waals surface area contributed by atoms with Crippen molar-refractivity contribution >= 4 is 43.7 Å². The van der Waals surface area contributed by atoms with Crippen LogP contribution in [0.2, 0.25) is 0 Å². The number of rotatable bonds is 5. The summed E-state index contributed by atoms with van der Waals surface area (Å²) in [5.74, 6) is -0.982. The number of fused-ring (bicyclic) bond motifs is 5. The molecule has 0 fully saturated rings. The highest BCUT2D eigenvalue weighted by molar-refractivity contribution is 7.85. The van der Waals surface area contributed by atoms with Crippen LogP contribution in [0.25, 0.3) is 32.9 Å². The van der Waals surface area contributed by atoms with Gasteiger partial charge in [-0.1, -0.05) is 30.3 Å². The molecule has 0 bridgehead atoms. The number of hydrogen-bond donors (Lipinski definition) is 2. The van der Waals surface area contributed by atoms with Crippen molar-refractivity contribution in [1.29, 1.82) is 0 Å². The fourth-order valence-corrected chi connectivity index (χ4v) is 4.68. The summed E-state index contributed by atoms with van der Waals surface area (Å²) in [4.78, 5) is 25.6. The van der Waals surface area contributed by atoms with E-state index in [1.165, 1.54) is 12.1 Å². The zero-order chi connectivity index (χ0) is 22.6. The number of carbonyl (C=O) groups is 2. The molecule has 0 saturated heterocycles. The van der Waals surface area contributed by atoms with E-state index in [0.29, 0.717) is 27.4 Å². The van der Waals surface area contributed by atoms with Crippen molar-refractivity contribution in [3.05, 3.63) is 65.7 Å². The van der Waals surface area contributed by atoms with Crippen molar-refractivity contribution in [3.63, 3.8) is 0 Å². The zero-order valence-electron chi connectivity index (χ0n) is 17.0. The van der Waals surface area contributed by atoms with Crippen molar-refractivity contribution in [2.75, 3.05) is 12.9 Å². The maximum absolute atomic E-state index is 12.8. The van der Waals surface area contributed by atoms with Gasteiger partial charge in [0, 0.05) is 22.8 Å². The Morgan fingerprint density at radius 1 is 0.969 bits per heavy atom. The number of nitrogens with one attached hydrogen (secondary N) is 1. The maximum atomic E-state index is 12.8. The van der Waals surface area contributed by atoms with Crippen LogP contribution >= 0.6 is 0 Å². The SMILES string of the molecule is CS(=O)(=O)OCCn1c2ccc(O)cc2c2c3c(c(-c4ccccc4)cc21)C(=O)NC3=O. The first kappa shape index (κ1) is 20.2. The number of carbonyl (C=O) groups excluding carboxylic acids is 2. The van der Waals surface area contributed by atoms with Gasteiger partial charge in [-0.3, -0.25) is 19.1 Å². The molecule has 2 N–H and O–H groups in total. The molecule has 3 aromatic carbocycles. The van der Waals surface area contributed by atoms with E-state index >= 15 is 0 Å². The number of phenols is 1. The van der Waals surface area contributed by atoms with Gasteiger partial charge in [0.05, 0.1) is 29.5 Å². The van der Waals surface area contributed by atoms with Crippen molar-refractivity contribution in [1.82, 2.24) is 9.88 Å². The van der Waals surface area contributed by atoms with Crippen LogP contribution in [0.5, 0.6) is 5.75 Å². The minimum Gasteiger partial charge on any atom is -0.508 e. The Bertz CT molecular complexity index is 1540. The zero-order valence-corrected chi connectivity index (χ0v) is 17.8. The van der Waals surface area contributed by atoms with Crippen LogP contribution in [-0.2, 0) is 20.8 Å². The Morgan fingerprint density at radius 2 is 1.69 bits per heavy atom. The number of phenolic OH excluding ortho intramolecular Hbond substituents is 1. The molecule has 1 aliphatic heterocycles. The molecule has 162 valence electrons. The predicted octanol–water partition coefficient (Wildman–Crippen LogP) is 3.03. The van der Waals surface area contributed by atoms with E-state index in [1.807, 2.05) is 41.0 Å². The summed E-state index contributed by atoms with van der Waals surface area (Å²) in [5.41, 5.74) is 3.18. The second-order valence-electron chi connectivity index (χ2n) is 7.60. The third-order valence-electron chi connectivity index (χ3n) is 5.52. The number of nitrogens with zero attached hydrogens (tertiary/aromatic N) is 1. The number of amides is 2. The van der Waals surface area contributed by atoms with Crippen molar-refractivity contribution in [3.8, 4) is 16.9 Å². The third-order valence-corrected chi connectivity index (χ3v) is 6.11. The van der Waals surface area contributed by atoms with Crippen LogP contribution in [-0.4, -0.2) is 42.8 Å². The van der Waals surface area contributed by atoms with Crippen molar-refractivity contribution in [2.24, 2.45) is 0 Å².